The highest BCUT2D eigenvalue weighted by molar-refractivity contribution is 7.17. The van der Waals surface area contributed by atoms with E-state index in [9.17, 15) is 4.79 Å². The summed E-state index contributed by atoms with van der Waals surface area (Å²) in [4.78, 5) is 20.3. The predicted octanol–water partition coefficient (Wildman–Crippen LogP) is 5.34. The van der Waals surface area contributed by atoms with Gasteiger partial charge in [-0.2, -0.15) is 0 Å². The summed E-state index contributed by atoms with van der Waals surface area (Å²) in [7, 11) is 1.78. The number of hydrogen-bond acceptors (Lipinski definition) is 4. The molecular formula is C22H18N2O2S. The molecule has 1 amide bonds. The third kappa shape index (κ3) is 3.68. The molecule has 0 bridgehead atoms. The molecule has 0 aliphatic heterocycles. The maximum Gasteiger partial charge on any atom is 0.266 e. The fourth-order valence-corrected chi connectivity index (χ4v) is 3.93. The van der Waals surface area contributed by atoms with Crippen molar-refractivity contribution in [3.63, 3.8) is 0 Å². The first kappa shape index (κ1) is 17.2. The van der Waals surface area contributed by atoms with Crippen molar-refractivity contribution >= 4 is 17.2 Å². The Labute approximate surface area is 161 Å². The molecule has 27 heavy (non-hydrogen) atoms. The van der Waals surface area contributed by atoms with Crippen molar-refractivity contribution in [2.24, 2.45) is 0 Å². The van der Waals surface area contributed by atoms with E-state index in [-0.39, 0.29) is 5.91 Å². The Morgan fingerprint density at radius 2 is 1.63 bits per heavy atom. The van der Waals surface area contributed by atoms with E-state index in [2.05, 4.69) is 0 Å². The number of carbonyl (C=O) groups excluding carboxylic acids is 1. The molecule has 2 aromatic heterocycles. The average Bonchev–Trinajstić information content (AvgIpc) is 3.39. The van der Waals surface area contributed by atoms with Crippen LogP contribution in [0.3, 0.4) is 0 Å². The Hall–Kier alpha value is -3.18. The number of hydrogen-bond donors (Lipinski definition) is 0. The second-order valence-corrected chi connectivity index (χ2v) is 7.17. The molecule has 0 aliphatic rings. The second kappa shape index (κ2) is 7.60. The lowest BCUT2D eigenvalue weighted by atomic mass is 10.1. The number of benzene rings is 2. The minimum absolute atomic E-state index is 0.0649. The van der Waals surface area contributed by atoms with Gasteiger partial charge in [-0.25, -0.2) is 4.98 Å². The summed E-state index contributed by atoms with van der Waals surface area (Å²) in [5.74, 6) is 0.685. The molecule has 0 saturated carbocycles. The van der Waals surface area contributed by atoms with Crippen LogP contribution < -0.4 is 0 Å². The van der Waals surface area contributed by atoms with Gasteiger partial charge >= 0.3 is 0 Å². The number of furan rings is 1. The van der Waals surface area contributed by atoms with Crippen LogP contribution in [-0.4, -0.2) is 22.8 Å². The van der Waals surface area contributed by atoms with Crippen LogP contribution in [0.25, 0.3) is 21.8 Å². The number of thiazole rings is 1. The third-order valence-electron chi connectivity index (χ3n) is 4.21. The molecule has 2 heterocycles. The van der Waals surface area contributed by atoms with E-state index in [1.54, 1.807) is 18.2 Å². The largest absolute Gasteiger partial charge is 0.467 e. The van der Waals surface area contributed by atoms with E-state index in [1.165, 1.54) is 11.3 Å². The fourth-order valence-electron chi connectivity index (χ4n) is 2.84. The molecule has 4 nitrogen and oxygen atoms in total. The van der Waals surface area contributed by atoms with Crippen molar-refractivity contribution in [2.75, 3.05) is 7.05 Å². The Morgan fingerprint density at radius 1 is 0.963 bits per heavy atom. The summed E-state index contributed by atoms with van der Waals surface area (Å²) in [6, 6.07) is 23.5. The van der Waals surface area contributed by atoms with Gasteiger partial charge in [0, 0.05) is 18.2 Å². The van der Waals surface area contributed by atoms with Crippen molar-refractivity contribution in [3.05, 3.63) is 89.7 Å². The van der Waals surface area contributed by atoms with Gasteiger partial charge in [-0.15, -0.1) is 11.3 Å². The van der Waals surface area contributed by atoms with Crippen LogP contribution >= 0.6 is 11.3 Å². The second-order valence-electron chi connectivity index (χ2n) is 6.17. The summed E-state index contributed by atoms with van der Waals surface area (Å²) < 4.78 is 5.37. The molecule has 0 saturated heterocycles. The van der Waals surface area contributed by atoms with Crippen molar-refractivity contribution in [2.45, 2.75) is 6.54 Å². The minimum atomic E-state index is -0.0649. The first-order chi connectivity index (χ1) is 13.2. The van der Waals surface area contributed by atoms with Gasteiger partial charge in [0.15, 0.2) is 0 Å². The summed E-state index contributed by atoms with van der Waals surface area (Å²) in [5, 5.41) is 0.837. The van der Waals surface area contributed by atoms with Gasteiger partial charge in [-0.05, 0) is 12.1 Å². The van der Waals surface area contributed by atoms with Gasteiger partial charge in [0.2, 0.25) is 0 Å². The first-order valence-corrected chi connectivity index (χ1v) is 9.43. The number of aromatic nitrogens is 1. The Morgan fingerprint density at radius 3 is 2.26 bits per heavy atom. The molecule has 4 aromatic rings. The van der Waals surface area contributed by atoms with Gasteiger partial charge in [0.05, 0.1) is 18.5 Å². The Kier molecular flexibility index (Phi) is 4.85. The maximum atomic E-state index is 13.2. The molecule has 0 atom stereocenters. The molecule has 0 fully saturated rings. The van der Waals surface area contributed by atoms with Crippen LogP contribution in [0.1, 0.15) is 15.4 Å². The van der Waals surface area contributed by atoms with Crippen LogP contribution in [0.2, 0.25) is 0 Å². The van der Waals surface area contributed by atoms with Gasteiger partial charge in [-0.1, -0.05) is 60.7 Å². The molecule has 5 heteroatoms. The molecular weight excluding hydrogens is 356 g/mol. The number of rotatable bonds is 5. The molecule has 134 valence electrons. The smallest absolute Gasteiger partial charge is 0.266 e. The Bertz CT molecular complexity index is 1020. The third-order valence-corrected chi connectivity index (χ3v) is 5.30. The summed E-state index contributed by atoms with van der Waals surface area (Å²) in [6.45, 7) is 0.415. The van der Waals surface area contributed by atoms with E-state index in [0.29, 0.717) is 11.4 Å². The number of nitrogens with zero attached hydrogens (tertiary/aromatic N) is 2. The van der Waals surface area contributed by atoms with Crippen LogP contribution in [0, 0.1) is 0 Å². The number of amides is 1. The molecule has 0 unspecified atom stereocenters. The molecule has 4 rings (SSSR count). The van der Waals surface area contributed by atoms with Crippen molar-refractivity contribution < 1.29 is 9.21 Å². The zero-order valence-corrected chi connectivity index (χ0v) is 15.6. The van der Waals surface area contributed by atoms with Crippen LogP contribution in [0.4, 0.5) is 0 Å². The van der Waals surface area contributed by atoms with Gasteiger partial charge in [-0.3, -0.25) is 4.79 Å². The fraction of sp³-hybridized carbons (Fsp3) is 0.0909. The van der Waals surface area contributed by atoms with Gasteiger partial charge in [0.1, 0.15) is 15.6 Å². The zero-order valence-electron chi connectivity index (χ0n) is 14.8. The van der Waals surface area contributed by atoms with Crippen molar-refractivity contribution in [1.82, 2.24) is 9.88 Å². The maximum absolute atomic E-state index is 13.2. The quantitative estimate of drug-likeness (QED) is 0.473. The lowest BCUT2D eigenvalue weighted by Gasteiger charge is -2.15. The summed E-state index contributed by atoms with van der Waals surface area (Å²) >= 11 is 1.42. The predicted molar refractivity (Wildman–Crippen MR) is 107 cm³/mol. The molecule has 0 radical (unpaired) electrons. The van der Waals surface area contributed by atoms with Crippen LogP contribution in [0.5, 0.6) is 0 Å². The molecule has 0 N–H and O–H groups in total. The van der Waals surface area contributed by atoms with E-state index in [0.717, 1.165) is 27.6 Å². The topological polar surface area (TPSA) is 46.3 Å². The van der Waals surface area contributed by atoms with E-state index in [1.807, 2.05) is 72.8 Å². The highest BCUT2D eigenvalue weighted by Gasteiger charge is 2.23. The Balaban J connectivity index is 1.73. The monoisotopic (exact) mass is 374 g/mol. The minimum Gasteiger partial charge on any atom is -0.467 e. The summed E-state index contributed by atoms with van der Waals surface area (Å²) in [5.41, 5.74) is 2.66. The normalized spacial score (nSPS) is 10.7. The van der Waals surface area contributed by atoms with Crippen LogP contribution in [-0.2, 0) is 6.54 Å². The van der Waals surface area contributed by atoms with E-state index < -0.39 is 0 Å². The van der Waals surface area contributed by atoms with Crippen molar-refractivity contribution in [3.8, 4) is 21.8 Å². The lowest BCUT2D eigenvalue weighted by Crippen LogP contribution is -2.25. The SMILES string of the molecule is CN(Cc1ccco1)C(=O)c1sc(-c2ccccc2)nc1-c1ccccc1. The standard InChI is InChI=1S/C22H18N2O2S/c1-24(15-18-13-8-14-26-18)22(25)20-19(16-9-4-2-5-10-16)23-21(27-20)17-11-6-3-7-12-17/h2-14H,15H2,1H3. The highest BCUT2D eigenvalue weighted by atomic mass is 32.1. The van der Waals surface area contributed by atoms with Gasteiger partial charge < -0.3 is 9.32 Å². The average molecular weight is 374 g/mol. The molecule has 0 spiro atoms. The summed E-state index contributed by atoms with van der Waals surface area (Å²) in [6.07, 6.45) is 1.61. The van der Waals surface area contributed by atoms with Crippen molar-refractivity contribution in [1.29, 1.82) is 0 Å². The zero-order chi connectivity index (χ0) is 18.6. The van der Waals surface area contributed by atoms with Crippen LogP contribution in [0.15, 0.2) is 83.5 Å². The molecule has 2 aromatic carbocycles. The molecule has 0 aliphatic carbocycles. The number of carbonyl (C=O) groups is 1. The highest BCUT2D eigenvalue weighted by Crippen LogP contribution is 2.34. The first-order valence-electron chi connectivity index (χ1n) is 8.62. The van der Waals surface area contributed by atoms with E-state index >= 15 is 0 Å². The van der Waals surface area contributed by atoms with Gasteiger partial charge in [0.25, 0.3) is 5.91 Å². The van der Waals surface area contributed by atoms with E-state index in [4.69, 9.17) is 9.40 Å². The lowest BCUT2D eigenvalue weighted by molar-refractivity contribution is 0.0781.